The number of rotatable bonds is 4. The largest absolute Gasteiger partial charge is 0.325 e. The monoisotopic (exact) mass is 467 g/mol. The van der Waals surface area contributed by atoms with E-state index in [0.717, 1.165) is 35.2 Å². The first-order chi connectivity index (χ1) is 15.6. The maximum atomic E-state index is 12.6. The number of thiophene rings is 1. The molecule has 3 aromatic rings. The van der Waals surface area contributed by atoms with E-state index >= 15 is 0 Å². The van der Waals surface area contributed by atoms with Gasteiger partial charge in [-0.05, 0) is 49.3 Å². The molecule has 0 spiro atoms. The fourth-order valence-electron chi connectivity index (χ4n) is 4.76. The number of benzene rings is 1. The van der Waals surface area contributed by atoms with Crippen LogP contribution < -0.4 is 21.1 Å². The smallest absolute Gasteiger partial charge is 0.249 e. The van der Waals surface area contributed by atoms with Crippen molar-refractivity contribution in [3.05, 3.63) is 45.8 Å². The lowest BCUT2D eigenvalue weighted by Crippen LogP contribution is -2.39. The van der Waals surface area contributed by atoms with E-state index in [4.69, 9.17) is 0 Å². The van der Waals surface area contributed by atoms with E-state index in [1.54, 1.807) is 0 Å². The summed E-state index contributed by atoms with van der Waals surface area (Å²) in [7, 11) is 0. The summed E-state index contributed by atoms with van der Waals surface area (Å²) in [6.07, 6.45) is 3.57. The zero-order valence-corrected chi connectivity index (χ0v) is 19.6. The van der Waals surface area contributed by atoms with E-state index < -0.39 is 0 Å². The van der Waals surface area contributed by atoms with Crippen LogP contribution in [0, 0.1) is 12.8 Å². The molecule has 2 aromatic heterocycles. The van der Waals surface area contributed by atoms with Crippen molar-refractivity contribution in [1.29, 1.82) is 0 Å². The van der Waals surface area contributed by atoms with E-state index in [2.05, 4.69) is 42.8 Å². The maximum Gasteiger partial charge on any atom is 0.249 e. The van der Waals surface area contributed by atoms with Gasteiger partial charge in [-0.2, -0.15) is 0 Å². The van der Waals surface area contributed by atoms with Crippen molar-refractivity contribution in [3.63, 3.8) is 0 Å². The van der Waals surface area contributed by atoms with Crippen LogP contribution >= 0.6 is 23.1 Å². The maximum absolute atomic E-state index is 12.6. The second-order valence-electron chi connectivity index (χ2n) is 8.65. The second-order valence-corrected chi connectivity index (χ2v) is 10.7. The van der Waals surface area contributed by atoms with Gasteiger partial charge in [0.05, 0.1) is 12.4 Å². The van der Waals surface area contributed by atoms with Gasteiger partial charge in [0, 0.05) is 16.1 Å². The molecule has 1 unspecified atom stereocenters. The van der Waals surface area contributed by atoms with Gasteiger partial charge in [0.25, 0.3) is 0 Å². The van der Waals surface area contributed by atoms with E-state index in [1.807, 2.05) is 42.5 Å². The predicted molar refractivity (Wildman–Crippen MR) is 127 cm³/mol. The van der Waals surface area contributed by atoms with Crippen molar-refractivity contribution in [1.82, 2.24) is 25.5 Å². The molecule has 0 radical (unpaired) electrons. The van der Waals surface area contributed by atoms with Crippen LogP contribution in [0.4, 0.5) is 11.6 Å². The Morgan fingerprint density at radius 2 is 2.22 bits per heavy atom. The van der Waals surface area contributed by atoms with Gasteiger partial charge < -0.3 is 5.32 Å². The minimum absolute atomic E-state index is 0.0455. The van der Waals surface area contributed by atoms with E-state index in [9.17, 15) is 4.79 Å². The number of hydrogen-bond donors (Lipinski definition) is 3. The molecular weight excluding hydrogens is 442 g/mol. The van der Waals surface area contributed by atoms with Gasteiger partial charge in [-0.3, -0.25) is 15.1 Å². The third-order valence-corrected chi connectivity index (χ3v) is 8.61. The highest BCUT2D eigenvalue weighted by Crippen LogP contribution is 2.48. The van der Waals surface area contributed by atoms with Gasteiger partial charge in [0.15, 0.2) is 5.16 Å². The quantitative estimate of drug-likeness (QED) is 0.507. The highest BCUT2D eigenvalue weighted by Gasteiger charge is 2.42. The summed E-state index contributed by atoms with van der Waals surface area (Å²) in [6, 6.07) is 7.81. The van der Waals surface area contributed by atoms with Crippen LogP contribution in [-0.2, 0) is 17.6 Å². The molecule has 1 aromatic carbocycles. The van der Waals surface area contributed by atoms with Crippen molar-refractivity contribution >= 4 is 40.6 Å². The number of anilines is 2. The van der Waals surface area contributed by atoms with Crippen LogP contribution in [0.5, 0.6) is 0 Å². The minimum atomic E-state index is -0.0455. The Balaban J connectivity index is 1.31. The minimum Gasteiger partial charge on any atom is -0.325 e. The molecule has 6 rings (SSSR count). The summed E-state index contributed by atoms with van der Waals surface area (Å²) in [5.41, 5.74) is 8.13. The molecule has 1 aliphatic carbocycles. The average Bonchev–Trinajstić information content (AvgIpc) is 3.49. The Labute approximate surface area is 194 Å². The third kappa shape index (κ3) is 3.24. The summed E-state index contributed by atoms with van der Waals surface area (Å²) in [5, 5.41) is 19.6. The number of para-hydroxylation sites is 1. The van der Waals surface area contributed by atoms with Crippen LogP contribution in [0.3, 0.4) is 0 Å². The van der Waals surface area contributed by atoms with Crippen molar-refractivity contribution in [3.8, 4) is 5.00 Å². The number of carbonyl (C=O) groups excluding carboxylic acids is 1. The summed E-state index contributed by atoms with van der Waals surface area (Å²) in [6.45, 7) is 5.02. The van der Waals surface area contributed by atoms with Gasteiger partial charge in [-0.15, -0.1) is 21.5 Å². The van der Waals surface area contributed by atoms with Gasteiger partial charge in [-0.25, -0.2) is 9.99 Å². The van der Waals surface area contributed by atoms with E-state index in [0.29, 0.717) is 12.6 Å². The standard InChI is InChI=1S/C22H25N7OS2/c1-12-7-8-16-14(9-12)18-19-23-11-24-29(19)21-26-27-22(28(21)20(18)32-16)31-10-17(30)25-15-6-4-3-5-13(15)2/h3-6,12,19,23-24H,7-11H2,1-2H3,(H,25,30)/t12-,19?/m1/s1. The van der Waals surface area contributed by atoms with Gasteiger partial charge >= 0.3 is 0 Å². The van der Waals surface area contributed by atoms with Gasteiger partial charge in [0.2, 0.25) is 11.9 Å². The van der Waals surface area contributed by atoms with Crippen molar-refractivity contribution in [2.45, 2.75) is 44.4 Å². The Morgan fingerprint density at radius 1 is 1.34 bits per heavy atom. The summed E-state index contributed by atoms with van der Waals surface area (Å²) in [5.74, 6) is 1.71. The summed E-state index contributed by atoms with van der Waals surface area (Å²) < 4.78 is 2.13. The van der Waals surface area contributed by atoms with Crippen LogP contribution in [0.1, 0.15) is 41.1 Å². The molecule has 0 bridgehead atoms. The molecule has 2 atom stereocenters. The molecular formula is C22H25N7OS2. The third-order valence-electron chi connectivity index (χ3n) is 6.39. The Bertz CT molecular complexity index is 1200. The van der Waals surface area contributed by atoms with Gasteiger partial charge in [-0.1, -0.05) is 36.9 Å². The molecule has 166 valence electrons. The highest BCUT2D eigenvalue weighted by molar-refractivity contribution is 7.99. The van der Waals surface area contributed by atoms with Crippen molar-refractivity contribution < 1.29 is 4.79 Å². The second kappa shape index (κ2) is 7.87. The zero-order valence-electron chi connectivity index (χ0n) is 18.0. The fraction of sp³-hybridized carbons (Fsp3) is 0.409. The Morgan fingerprint density at radius 3 is 3.09 bits per heavy atom. The SMILES string of the molecule is Cc1ccccc1NC(=O)CSc1nnc2n1-c1sc3c(c1C1NCNN21)C[C@H](C)CC3. The molecule has 2 aliphatic heterocycles. The Hall–Kier alpha value is -2.40. The van der Waals surface area contributed by atoms with Crippen LogP contribution in [-0.4, -0.2) is 33.1 Å². The van der Waals surface area contributed by atoms with Crippen LogP contribution in [0.25, 0.3) is 5.00 Å². The number of hydrogen-bond acceptors (Lipinski definition) is 8. The predicted octanol–water partition coefficient (Wildman–Crippen LogP) is 3.38. The molecule has 1 saturated heterocycles. The first kappa shape index (κ1) is 20.2. The molecule has 8 nitrogen and oxygen atoms in total. The molecule has 3 N–H and O–H groups in total. The number of nitrogens with one attached hydrogen (secondary N) is 3. The van der Waals surface area contributed by atoms with E-state index in [1.165, 1.54) is 39.2 Å². The van der Waals surface area contributed by atoms with Crippen LogP contribution in [0.2, 0.25) is 0 Å². The fourth-order valence-corrected chi connectivity index (χ4v) is 6.93. The topological polar surface area (TPSA) is 87.1 Å². The number of nitrogens with zero attached hydrogens (tertiary/aromatic N) is 4. The first-order valence-corrected chi connectivity index (χ1v) is 12.7. The van der Waals surface area contributed by atoms with E-state index in [-0.39, 0.29) is 17.8 Å². The number of aryl methyl sites for hydroxylation is 2. The lowest BCUT2D eigenvalue weighted by Gasteiger charge is -2.31. The number of aromatic nitrogens is 3. The lowest BCUT2D eigenvalue weighted by molar-refractivity contribution is -0.113. The number of fused-ring (bicyclic) bond motifs is 8. The molecule has 0 saturated carbocycles. The molecule has 32 heavy (non-hydrogen) atoms. The molecule has 4 heterocycles. The zero-order chi connectivity index (χ0) is 21.8. The molecule has 3 aliphatic rings. The number of hydrazine groups is 1. The normalized spacial score (nSPS) is 21.0. The summed E-state index contributed by atoms with van der Waals surface area (Å²) in [4.78, 5) is 14.1. The number of amides is 1. The molecule has 1 fully saturated rings. The van der Waals surface area contributed by atoms with Crippen LogP contribution in [0.15, 0.2) is 29.4 Å². The van der Waals surface area contributed by atoms with Gasteiger partial charge in [0.1, 0.15) is 11.2 Å². The number of thioether (sulfide) groups is 1. The lowest BCUT2D eigenvalue weighted by atomic mass is 9.87. The van der Waals surface area contributed by atoms with Crippen molar-refractivity contribution in [2.24, 2.45) is 5.92 Å². The Kier molecular flexibility index (Phi) is 4.98. The molecule has 10 heteroatoms. The van der Waals surface area contributed by atoms with Crippen molar-refractivity contribution in [2.75, 3.05) is 22.7 Å². The molecule has 1 amide bonds. The highest BCUT2D eigenvalue weighted by atomic mass is 32.2. The number of carbonyl (C=O) groups is 1. The first-order valence-electron chi connectivity index (χ1n) is 10.9. The summed E-state index contributed by atoms with van der Waals surface area (Å²) >= 11 is 3.29. The average molecular weight is 468 g/mol.